The summed E-state index contributed by atoms with van der Waals surface area (Å²) < 4.78 is 4.53. The predicted molar refractivity (Wildman–Crippen MR) is 82.1 cm³/mol. The van der Waals surface area contributed by atoms with E-state index in [2.05, 4.69) is 41.3 Å². The van der Waals surface area contributed by atoms with E-state index in [0.29, 0.717) is 11.9 Å². The number of nitrogens with zero attached hydrogens (tertiary/aromatic N) is 2. The van der Waals surface area contributed by atoms with E-state index in [1.54, 1.807) is 11.5 Å². The predicted octanol–water partition coefficient (Wildman–Crippen LogP) is 4.53. The van der Waals surface area contributed by atoms with Crippen LogP contribution in [0, 0.1) is 0 Å². The minimum Gasteiger partial charge on any atom is -0.358 e. The molecule has 1 aromatic carbocycles. The van der Waals surface area contributed by atoms with E-state index in [4.69, 9.17) is 11.6 Å². The van der Waals surface area contributed by atoms with Gasteiger partial charge in [0.2, 0.25) is 0 Å². The summed E-state index contributed by atoms with van der Waals surface area (Å²) in [6.07, 6.45) is 2.28. The smallest absolute Gasteiger partial charge is 0.120 e. The molecule has 0 N–H and O–H groups in total. The zero-order valence-electron chi connectivity index (χ0n) is 10.9. The van der Waals surface area contributed by atoms with Gasteiger partial charge in [-0.15, -0.1) is 11.6 Å². The van der Waals surface area contributed by atoms with Crippen molar-refractivity contribution < 1.29 is 0 Å². The Morgan fingerprint density at radius 2 is 2.00 bits per heavy atom. The fourth-order valence-corrected chi connectivity index (χ4v) is 3.50. The summed E-state index contributed by atoms with van der Waals surface area (Å²) in [4.78, 5) is 2.42. The molecule has 4 heteroatoms. The second-order valence-electron chi connectivity index (χ2n) is 4.36. The van der Waals surface area contributed by atoms with Gasteiger partial charge in [0.05, 0.1) is 5.52 Å². The summed E-state index contributed by atoms with van der Waals surface area (Å²) in [6.45, 7) is 5.36. The van der Waals surface area contributed by atoms with Crippen molar-refractivity contribution in [3.05, 3.63) is 24.3 Å². The first-order chi connectivity index (χ1) is 8.81. The van der Waals surface area contributed by atoms with E-state index < -0.39 is 0 Å². The van der Waals surface area contributed by atoms with E-state index in [1.165, 1.54) is 10.4 Å². The third kappa shape index (κ3) is 2.62. The van der Waals surface area contributed by atoms with Gasteiger partial charge in [0.1, 0.15) is 5.00 Å². The van der Waals surface area contributed by atoms with E-state index >= 15 is 0 Å². The van der Waals surface area contributed by atoms with Crippen molar-refractivity contribution in [2.75, 3.05) is 17.3 Å². The fourth-order valence-electron chi connectivity index (χ4n) is 2.35. The Kier molecular flexibility index (Phi) is 4.84. The summed E-state index contributed by atoms with van der Waals surface area (Å²) in [6, 6.07) is 8.88. The standard InChI is InChI=1S/C14H19ClN2S/c1-3-11(4-2)17(10-9-15)14-12-7-5-6-8-13(12)16-18-14/h5-8,11H,3-4,9-10H2,1-2H3. The number of hydrogen-bond acceptors (Lipinski definition) is 3. The Morgan fingerprint density at radius 3 is 2.67 bits per heavy atom. The summed E-state index contributed by atoms with van der Waals surface area (Å²) in [7, 11) is 0. The number of alkyl halides is 1. The Morgan fingerprint density at radius 1 is 1.28 bits per heavy atom. The Balaban J connectivity index is 2.41. The molecule has 0 saturated carbocycles. The number of rotatable bonds is 6. The van der Waals surface area contributed by atoms with Gasteiger partial charge in [0.25, 0.3) is 0 Å². The van der Waals surface area contributed by atoms with Crippen LogP contribution < -0.4 is 4.90 Å². The second kappa shape index (κ2) is 6.39. The van der Waals surface area contributed by atoms with Crippen LogP contribution in [0.25, 0.3) is 10.9 Å². The van der Waals surface area contributed by atoms with Crippen LogP contribution in [0.3, 0.4) is 0 Å². The van der Waals surface area contributed by atoms with E-state index in [9.17, 15) is 0 Å². The molecular weight excluding hydrogens is 264 g/mol. The van der Waals surface area contributed by atoms with Crippen molar-refractivity contribution >= 4 is 39.0 Å². The van der Waals surface area contributed by atoms with Gasteiger partial charge in [-0.25, -0.2) is 0 Å². The van der Waals surface area contributed by atoms with Gasteiger partial charge in [-0.3, -0.25) is 0 Å². The lowest BCUT2D eigenvalue weighted by molar-refractivity contribution is 0.572. The summed E-state index contributed by atoms with van der Waals surface area (Å²) in [5.41, 5.74) is 1.09. The maximum atomic E-state index is 5.96. The second-order valence-corrected chi connectivity index (χ2v) is 5.49. The molecule has 0 aliphatic rings. The average molecular weight is 283 g/mol. The lowest BCUT2D eigenvalue weighted by Gasteiger charge is -2.30. The molecule has 2 aromatic rings. The minimum atomic E-state index is 0.549. The van der Waals surface area contributed by atoms with Crippen LogP contribution in [0.1, 0.15) is 26.7 Å². The van der Waals surface area contributed by atoms with Crippen LogP contribution in [0.4, 0.5) is 5.00 Å². The summed E-state index contributed by atoms with van der Waals surface area (Å²) in [5.74, 6) is 0.655. The van der Waals surface area contributed by atoms with Crippen molar-refractivity contribution in [1.82, 2.24) is 4.37 Å². The highest BCUT2D eigenvalue weighted by Gasteiger charge is 2.19. The largest absolute Gasteiger partial charge is 0.358 e. The first kappa shape index (κ1) is 13.6. The SMILES string of the molecule is CCC(CC)N(CCCl)c1snc2ccccc12. The van der Waals surface area contributed by atoms with E-state index in [0.717, 1.165) is 24.9 Å². The van der Waals surface area contributed by atoms with Crippen molar-refractivity contribution in [2.24, 2.45) is 0 Å². The number of halogens is 1. The molecule has 18 heavy (non-hydrogen) atoms. The van der Waals surface area contributed by atoms with Gasteiger partial charge >= 0.3 is 0 Å². The number of aromatic nitrogens is 1. The van der Waals surface area contributed by atoms with Crippen LogP contribution in [-0.4, -0.2) is 22.8 Å². The molecule has 98 valence electrons. The van der Waals surface area contributed by atoms with Crippen LogP contribution in [0.5, 0.6) is 0 Å². The lowest BCUT2D eigenvalue weighted by Crippen LogP contribution is -2.35. The van der Waals surface area contributed by atoms with E-state index in [-0.39, 0.29) is 0 Å². The maximum absolute atomic E-state index is 5.96. The molecule has 0 atom stereocenters. The molecule has 0 aliphatic heterocycles. The molecular formula is C14H19ClN2S. The molecule has 0 amide bonds. The molecule has 2 nitrogen and oxygen atoms in total. The number of hydrogen-bond donors (Lipinski definition) is 0. The number of anilines is 1. The Hall–Kier alpha value is -0.800. The van der Waals surface area contributed by atoms with Crippen molar-refractivity contribution in [3.8, 4) is 0 Å². The third-order valence-corrected chi connectivity index (χ3v) is 4.42. The highest BCUT2D eigenvalue weighted by molar-refractivity contribution is 7.11. The van der Waals surface area contributed by atoms with Crippen molar-refractivity contribution in [3.63, 3.8) is 0 Å². The summed E-state index contributed by atoms with van der Waals surface area (Å²) >= 11 is 7.55. The number of fused-ring (bicyclic) bond motifs is 1. The Bertz CT molecular complexity index is 493. The quantitative estimate of drug-likeness (QED) is 0.724. The van der Waals surface area contributed by atoms with Crippen LogP contribution >= 0.6 is 23.1 Å². The average Bonchev–Trinajstić information content (AvgIpc) is 2.83. The molecule has 0 saturated heterocycles. The van der Waals surface area contributed by atoms with Gasteiger partial charge in [-0.1, -0.05) is 26.0 Å². The first-order valence-corrected chi connectivity index (χ1v) is 7.79. The highest BCUT2D eigenvalue weighted by Crippen LogP contribution is 2.33. The number of benzene rings is 1. The zero-order chi connectivity index (χ0) is 13.0. The molecule has 0 spiro atoms. The van der Waals surface area contributed by atoms with Gasteiger partial charge in [0, 0.05) is 23.9 Å². The van der Waals surface area contributed by atoms with Crippen molar-refractivity contribution in [1.29, 1.82) is 0 Å². The topological polar surface area (TPSA) is 16.1 Å². The molecule has 0 aliphatic carbocycles. The molecule has 0 unspecified atom stereocenters. The van der Waals surface area contributed by atoms with Gasteiger partial charge in [-0.2, -0.15) is 4.37 Å². The van der Waals surface area contributed by atoms with Crippen LogP contribution in [0.15, 0.2) is 24.3 Å². The Labute approximate surface area is 118 Å². The first-order valence-electron chi connectivity index (χ1n) is 6.48. The molecule has 0 bridgehead atoms. The fraction of sp³-hybridized carbons (Fsp3) is 0.500. The van der Waals surface area contributed by atoms with Crippen LogP contribution in [-0.2, 0) is 0 Å². The maximum Gasteiger partial charge on any atom is 0.120 e. The molecule has 0 radical (unpaired) electrons. The summed E-state index contributed by atoms with van der Waals surface area (Å²) in [5, 5.41) is 2.51. The molecule has 2 rings (SSSR count). The van der Waals surface area contributed by atoms with Crippen molar-refractivity contribution in [2.45, 2.75) is 32.7 Å². The lowest BCUT2D eigenvalue weighted by atomic mass is 10.1. The van der Waals surface area contributed by atoms with Gasteiger partial charge in [-0.05, 0) is 36.5 Å². The monoisotopic (exact) mass is 282 g/mol. The minimum absolute atomic E-state index is 0.549. The molecule has 1 heterocycles. The van der Waals surface area contributed by atoms with Gasteiger partial charge in [0.15, 0.2) is 0 Å². The zero-order valence-corrected chi connectivity index (χ0v) is 12.5. The van der Waals surface area contributed by atoms with Gasteiger partial charge < -0.3 is 4.90 Å². The van der Waals surface area contributed by atoms with E-state index in [1.807, 2.05) is 6.07 Å². The molecule has 1 aromatic heterocycles. The normalized spacial score (nSPS) is 11.3. The molecule has 0 fully saturated rings. The van der Waals surface area contributed by atoms with Crippen LogP contribution in [0.2, 0.25) is 0 Å². The third-order valence-electron chi connectivity index (χ3n) is 3.33. The highest BCUT2D eigenvalue weighted by atomic mass is 35.5.